The van der Waals surface area contributed by atoms with E-state index in [1.54, 1.807) is 24.7 Å². The van der Waals surface area contributed by atoms with Gasteiger partial charge in [0.15, 0.2) is 0 Å². The number of likely N-dealkylation sites (tertiary alicyclic amines) is 1. The number of aromatic nitrogens is 3. The molecule has 5 rings (SSSR count). The third kappa shape index (κ3) is 4.69. The van der Waals surface area contributed by atoms with Crippen molar-refractivity contribution in [2.75, 3.05) is 36.4 Å². The van der Waals surface area contributed by atoms with E-state index in [0.29, 0.717) is 24.7 Å². The molecule has 0 aliphatic carbocycles. The Morgan fingerprint density at radius 2 is 1.70 bits per heavy atom. The molecule has 0 bridgehead atoms. The lowest BCUT2D eigenvalue weighted by Crippen LogP contribution is -2.52. The van der Waals surface area contributed by atoms with E-state index in [0.717, 1.165) is 37.3 Å². The van der Waals surface area contributed by atoms with Crippen molar-refractivity contribution in [3.63, 3.8) is 0 Å². The quantitative estimate of drug-likeness (QED) is 0.653. The number of piperidine rings is 1. The van der Waals surface area contributed by atoms with Crippen LogP contribution in [0.2, 0.25) is 0 Å². The van der Waals surface area contributed by atoms with Crippen LogP contribution in [0, 0.1) is 5.92 Å². The van der Waals surface area contributed by atoms with Gasteiger partial charge in [0.1, 0.15) is 5.69 Å². The van der Waals surface area contributed by atoms with Gasteiger partial charge < -0.3 is 15.1 Å². The third-order valence-electron chi connectivity index (χ3n) is 6.50. The van der Waals surface area contributed by atoms with E-state index in [9.17, 15) is 9.59 Å². The maximum Gasteiger partial charge on any atom is 0.272 e. The lowest BCUT2D eigenvalue weighted by molar-refractivity contribution is -0.120. The molecule has 2 fully saturated rings. The number of anilines is 2. The fourth-order valence-corrected chi connectivity index (χ4v) is 4.48. The first-order valence-electron chi connectivity index (χ1n) is 11.3. The second-order valence-corrected chi connectivity index (χ2v) is 8.60. The van der Waals surface area contributed by atoms with Crippen LogP contribution in [0.1, 0.15) is 34.8 Å². The number of rotatable bonds is 5. The first-order valence-corrected chi connectivity index (χ1v) is 11.3. The summed E-state index contributed by atoms with van der Waals surface area (Å²) in [5, 5.41) is 10.7. The van der Waals surface area contributed by atoms with E-state index in [1.807, 2.05) is 35.2 Å². The van der Waals surface area contributed by atoms with Gasteiger partial charge in [-0.1, -0.05) is 18.2 Å². The highest BCUT2D eigenvalue weighted by atomic mass is 16.2. The van der Waals surface area contributed by atoms with Crippen LogP contribution < -0.4 is 10.2 Å². The molecule has 1 N–H and O–H groups in total. The topological polar surface area (TPSA) is 91.3 Å². The van der Waals surface area contributed by atoms with Crippen LogP contribution in [0.15, 0.2) is 67.1 Å². The smallest absolute Gasteiger partial charge is 0.272 e. The normalized spacial score (nSPS) is 16.8. The SMILES string of the molecule is O=C(Nc1ccc(C2CCN(C(=O)c3ccccn3)CC2)cc1)C1CN(c2ccnnc2)C1. The number of hydrogen-bond donors (Lipinski definition) is 1. The van der Waals surface area contributed by atoms with E-state index >= 15 is 0 Å². The number of nitrogens with one attached hydrogen (secondary N) is 1. The highest BCUT2D eigenvalue weighted by molar-refractivity contribution is 5.94. The number of nitrogens with zero attached hydrogens (tertiary/aromatic N) is 5. The molecule has 0 atom stereocenters. The maximum atomic E-state index is 12.6. The van der Waals surface area contributed by atoms with E-state index < -0.39 is 0 Å². The Morgan fingerprint density at radius 3 is 2.36 bits per heavy atom. The third-order valence-corrected chi connectivity index (χ3v) is 6.50. The van der Waals surface area contributed by atoms with Gasteiger partial charge in [-0.25, -0.2) is 0 Å². The molecule has 2 amide bonds. The van der Waals surface area contributed by atoms with Crippen LogP contribution in [0.3, 0.4) is 0 Å². The van der Waals surface area contributed by atoms with Gasteiger partial charge in [-0.15, -0.1) is 0 Å². The van der Waals surface area contributed by atoms with Crippen molar-refractivity contribution in [1.82, 2.24) is 20.1 Å². The lowest BCUT2D eigenvalue weighted by Gasteiger charge is -2.39. The average Bonchev–Trinajstić information content (AvgIpc) is 2.84. The highest BCUT2D eigenvalue weighted by Crippen LogP contribution is 2.30. The van der Waals surface area contributed by atoms with Gasteiger partial charge in [-0.3, -0.25) is 14.6 Å². The first-order chi connectivity index (χ1) is 16.2. The summed E-state index contributed by atoms with van der Waals surface area (Å²) in [5.41, 5.74) is 3.56. The minimum absolute atomic E-state index is 0.00173. The van der Waals surface area contributed by atoms with Crippen LogP contribution in [0.25, 0.3) is 0 Å². The molecular weight excluding hydrogens is 416 g/mol. The Morgan fingerprint density at radius 1 is 0.909 bits per heavy atom. The molecule has 8 heteroatoms. The Labute approximate surface area is 192 Å². The number of amides is 2. The maximum absolute atomic E-state index is 12.6. The summed E-state index contributed by atoms with van der Waals surface area (Å²) < 4.78 is 0. The Bertz CT molecular complexity index is 1090. The number of benzene rings is 1. The van der Waals surface area contributed by atoms with Crippen LogP contribution in [0.5, 0.6) is 0 Å². The second-order valence-electron chi connectivity index (χ2n) is 8.60. The molecule has 2 aliphatic rings. The molecule has 3 aromatic rings. The number of hydrogen-bond acceptors (Lipinski definition) is 6. The van der Waals surface area contributed by atoms with Gasteiger partial charge >= 0.3 is 0 Å². The Kier molecular flexibility index (Phi) is 5.97. The molecule has 8 nitrogen and oxygen atoms in total. The molecular formula is C25H26N6O2. The minimum Gasteiger partial charge on any atom is -0.368 e. The summed E-state index contributed by atoms with van der Waals surface area (Å²) >= 11 is 0. The number of pyridine rings is 1. The molecule has 2 saturated heterocycles. The molecule has 0 unspecified atom stereocenters. The van der Waals surface area contributed by atoms with Crippen LogP contribution in [-0.4, -0.2) is 58.1 Å². The van der Waals surface area contributed by atoms with Crippen LogP contribution in [-0.2, 0) is 4.79 Å². The van der Waals surface area contributed by atoms with E-state index in [4.69, 9.17) is 0 Å². The number of carbonyl (C=O) groups is 2. The summed E-state index contributed by atoms with van der Waals surface area (Å²) in [6, 6.07) is 15.4. The molecule has 33 heavy (non-hydrogen) atoms. The molecule has 0 radical (unpaired) electrons. The lowest BCUT2D eigenvalue weighted by atomic mass is 9.89. The van der Waals surface area contributed by atoms with Gasteiger partial charge in [0, 0.05) is 38.1 Å². The summed E-state index contributed by atoms with van der Waals surface area (Å²) in [7, 11) is 0. The Hall–Kier alpha value is -3.81. The summed E-state index contributed by atoms with van der Waals surface area (Å²) in [4.78, 5) is 33.3. The largest absolute Gasteiger partial charge is 0.368 e. The molecule has 2 aliphatic heterocycles. The van der Waals surface area contributed by atoms with Crippen molar-refractivity contribution >= 4 is 23.2 Å². The second kappa shape index (κ2) is 9.36. The fourth-order valence-electron chi connectivity index (χ4n) is 4.48. The van der Waals surface area contributed by atoms with Crippen molar-refractivity contribution in [2.24, 2.45) is 5.92 Å². The molecule has 0 spiro atoms. The predicted octanol–water partition coefficient (Wildman–Crippen LogP) is 2.97. The predicted molar refractivity (Wildman–Crippen MR) is 125 cm³/mol. The van der Waals surface area contributed by atoms with Crippen molar-refractivity contribution in [3.8, 4) is 0 Å². The van der Waals surface area contributed by atoms with E-state index in [2.05, 4.69) is 37.5 Å². The van der Waals surface area contributed by atoms with Gasteiger partial charge in [-0.05, 0) is 54.7 Å². The molecule has 4 heterocycles. The standard InChI is InChI=1S/C25H26N6O2/c32-24(20-16-31(17-20)22-8-12-27-28-15-22)29-21-6-4-18(5-7-21)19-9-13-30(14-10-19)25(33)23-3-1-2-11-26-23/h1-8,11-12,15,19-20H,9-10,13-14,16-17H2,(H,29,32). The fraction of sp³-hybridized carbons (Fsp3) is 0.320. The monoisotopic (exact) mass is 442 g/mol. The zero-order chi connectivity index (χ0) is 22.6. The van der Waals surface area contributed by atoms with Gasteiger partial charge in [0.2, 0.25) is 5.91 Å². The Balaban J connectivity index is 1.10. The van der Waals surface area contributed by atoms with Crippen molar-refractivity contribution in [2.45, 2.75) is 18.8 Å². The van der Waals surface area contributed by atoms with Crippen molar-refractivity contribution < 1.29 is 9.59 Å². The molecule has 0 saturated carbocycles. The van der Waals surface area contributed by atoms with Crippen LogP contribution >= 0.6 is 0 Å². The summed E-state index contributed by atoms with van der Waals surface area (Å²) in [6.07, 6.45) is 6.87. The highest BCUT2D eigenvalue weighted by Gasteiger charge is 2.33. The first kappa shape index (κ1) is 21.1. The zero-order valence-corrected chi connectivity index (χ0v) is 18.3. The van der Waals surface area contributed by atoms with Gasteiger partial charge in [-0.2, -0.15) is 10.2 Å². The minimum atomic E-state index is -0.0289. The van der Waals surface area contributed by atoms with E-state index in [-0.39, 0.29) is 17.7 Å². The molecule has 2 aromatic heterocycles. The van der Waals surface area contributed by atoms with Crippen molar-refractivity contribution in [3.05, 3.63) is 78.4 Å². The van der Waals surface area contributed by atoms with Crippen LogP contribution in [0.4, 0.5) is 11.4 Å². The summed E-state index contributed by atoms with van der Waals surface area (Å²) in [6.45, 7) is 2.82. The van der Waals surface area contributed by atoms with Gasteiger partial charge in [0.25, 0.3) is 5.91 Å². The summed E-state index contributed by atoms with van der Waals surface area (Å²) in [5.74, 6) is 0.430. The zero-order valence-electron chi connectivity index (χ0n) is 18.3. The molecule has 168 valence electrons. The average molecular weight is 443 g/mol. The number of carbonyl (C=O) groups excluding carboxylic acids is 2. The van der Waals surface area contributed by atoms with Crippen molar-refractivity contribution in [1.29, 1.82) is 0 Å². The van der Waals surface area contributed by atoms with Gasteiger partial charge in [0.05, 0.1) is 24.0 Å². The molecule has 1 aromatic carbocycles. The van der Waals surface area contributed by atoms with E-state index in [1.165, 1.54) is 5.56 Å².